The maximum Gasteiger partial charge on any atom is 0.401 e. The molecule has 0 aliphatic carbocycles. The van der Waals surface area contributed by atoms with Crippen molar-refractivity contribution < 1.29 is 13.2 Å². The number of hydrogen-bond donors (Lipinski definition) is 3. The lowest BCUT2D eigenvalue weighted by Gasteiger charge is -2.39. The van der Waals surface area contributed by atoms with Crippen LogP contribution in [0.3, 0.4) is 0 Å². The number of halogens is 3. The van der Waals surface area contributed by atoms with Crippen LogP contribution in [-0.4, -0.2) is 55.9 Å². The van der Waals surface area contributed by atoms with Crippen molar-refractivity contribution in [2.75, 3.05) is 17.2 Å². The molecule has 7 nitrogen and oxygen atoms in total. The highest BCUT2D eigenvalue weighted by atomic mass is 19.4. The molecule has 2 aliphatic heterocycles. The highest BCUT2D eigenvalue weighted by molar-refractivity contribution is 5.91. The van der Waals surface area contributed by atoms with Gasteiger partial charge in [-0.3, -0.25) is 15.0 Å². The predicted octanol–water partition coefficient (Wildman–Crippen LogP) is 4.37. The van der Waals surface area contributed by atoms with Gasteiger partial charge in [0.05, 0.1) is 12.1 Å². The zero-order valence-electron chi connectivity index (χ0n) is 17.1. The molecule has 2 aliphatic rings. The van der Waals surface area contributed by atoms with Crippen LogP contribution >= 0.6 is 0 Å². The molecule has 5 heterocycles. The van der Waals surface area contributed by atoms with Crippen LogP contribution in [0.2, 0.25) is 0 Å². The van der Waals surface area contributed by atoms with Gasteiger partial charge in [0.25, 0.3) is 0 Å². The smallest absolute Gasteiger partial charge is 0.367 e. The van der Waals surface area contributed by atoms with E-state index in [-0.39, 0.29) is 18.1 Å². The van der Waals surface area contributed by atoms with Crippen LogP contribution < -0.4 is 10.6 Å². The molecule has 2 saturated heterocycles. The van der Waals surface area contributed by atoms with Crippen LogP contribution in [0.5, 0.6) is 0 Å². The van der Waals surface area contributed by atoms with Gasteiger partial charge in [-0.1, -0.05) is 0 Å². The fraction of sp³-hybridized carbons (Fsp3) is 0.476. The second-order valence-electron chi connectivity index (χ2n) is 8.47. The highest BCUT2D eigenvalue weighted by Gasteiger charge is 2.45. The molecule has 3 N–H and O–H groups in total. The lowest BCUT2D eigenvalue weighted by Crippen LogP contribution is -2.50. The van der Waals surface area contributed by atoms with Gasteiger partial charge in [-0.2, -0.15) is 18.3 Å². The molecule has 0 amide bonds. The minimum atomic E-state index is -4.16. The SMILES string of the molecule is Cc1cc(Nc2cc3ncccc3c(NC3C[C@H]4CC[C@@H](C3)N4CC(F)(F)F)n2)n[nH]1. The molecule has 10 heteroatoms. The van der Waals surface area contributed by atoms with E-state index in [1.165, 1.54) is 0 Å². The van der Waals surface area contributed by atoms with E-state index in [4.69, 9.17) is 4.98 Å². The van der Waals surface area contributed by atoms with Crippen molar-refractivity contribution in [1.29, 1.82) is 0 Å². The van der Waals surface area contributed by atoms with Gasteiger partial charge in [0.1, 0.15) is 11.6 Å². The predicted molar refractivity (Wildman–Crippen MR) is 112 cm³/mol. The van der Waals surface area contributed by atoms with Crippen molar-refractivity contribution >= 4 is 28.4 Å². The number of pyridine rings is 2. The molecule has 31 heavy (non-hydrogen) atoms. The number of alkyl halides is 3. The zero-order chi connectivity index (χ0) is 21.6. The summed E-state index contributed by atoms with van der Waals surface area (Å²) in [6.45, 7) is 1.10. The summed E-state index contributed by atoms with van der Waals surface area (Å²) < 4.78 is 38.9. The lowest BCUT2D eigenvalue weighted by molar-refractivity contribution is -0.155. The first-order valence-corrected chi connectivity index (χ1v) is 10.5. The average molecular weight is 431 g/mol. The quantitative estimate of drug-likeness (QED) is 0.557. The van der Waals surface area contributed by atoms with Crippen molar-refractivity contribution in [2.24, 2.45) is 0 Å². The molecule has 1 unspecified atom stereocenters. The van der Waals surface area contributed by atoms with Gasteiger partial charge in [0, 0.05) is 47.5 Å². The number of aromatic nitrogens is 4. The maximum absolute atomic E-state index is 13.0. The minimum Gasteiger partial charge on any atom is -0.367 e. The Bertz CT molecular complexity index is 1070. The molecule has 5 rings (SSSR count). The summed E-state index contributed by atoms with van der Waals surface area (Å²) in [5.41, 5.74) is 1.72. The molecule has 0 spiro atoms. The Morgan fingerprint density at radius 1 is 1.16 bits per heavy atom. The first-order valence-electron chi connectivity index (χ1n) is 10.5. The number of fused-ring (bicyclic) bond motifs is 3. The van der Waals surface area contributed by atoms with Gasteiger partial charge in [0.2, 0.25) is 0 Å². The standard InChI is InChI=1S/C21H24F3N7/c1-12-7-19(30-29-12)27-18-10-17-16(3-2-6-25-17)20(28-18)26-13-8-14-4-5-15(9-13)31(14)11-21(22,23)24/h2-3,6-7,10,13-15H,4-5,8-9,11H2,1H3,(H3,26,27,28,29,30)/t13?,14-,15+. The van der Waals surface area contributed by atoms with Gasteiger partial charge in [0.15, 0.2) is 5.82 Å². The van der Waals surface area contributed by atoms with E-state index in [1.54, 1.807) is 11.1 Å². The molecule has 0 saturated carbocycles. The molecule has 3 aromatic heterocycles. The third-order valence-corrected chi connectivity index (χ3v) is 6.15. The van der Waals surface area contributed by atoms with Crippen LogP contribution in [0.25, 0.3) is 10.9 Å². The number of hydrogen-bond acceptors (Lipinski definition) is 6. The van der Waals surface area contributed by atoms with Crippen molar-refractivity contribution in [2.45, 2.75) is 56.9 Å². The van der Waals surface area contributed by atoms with Crippen molar-refractivity contribution in [1.82, 2.24) is 25.1 Å². The second-order valence-corrected chi connectivity index (χ2v) is 8.47. The van der Waals surface area contributed by atoms with Crippen LogP contribution in [-0.2, 0) is 0 Å². The normalized spacial score (nSPS) is 23.9. The fourth-order valence-electron chi connectivity index (χ4n) is 4.91. The van der Waals surface area contributed by atoms with Gasteiger partial charge >= 0.3 is 6.18 Å². The summed E-state index contributed by atoms with van der Waals surface area (Å²) in [4.78, 5) is 10.8. The Hall–Kier alpha value is -2.88. The summed E-state index contributed by atoms with van der Waals surface area (Å²) in [5.74, 6) is 1.96. The zero-order valence-corrected chi connectivity index (χ0v) is 17.1. The topological polar surface area (TPSA) is 81.8 Å². The molecule has 3 atom stereocenters. The van der Waals surface area contributed by atoms with Gasteiger partial charge in [-0.25, -0.2) is 4.98 Å². The second kappa shape index (κ2) is 7.67. The average Bonchev–Trinajstić information content (AvgIpc) is 3.19. The first-order chi connectivity index (χ1) is 14.8. The van der Waals surface area contributed by atoms with E-state index in [0.29, 0.717) is 30.3 Å². The number of aromatic amines is 1. The summed E-state index contributed by atoms with van der Waals surface area (Å²) in [6, 6.07) is 7.53. The van der Waals surface area contributed by atoms with Crippen LogP contribution in [0, 0.1) is 6.92 Å². The maximum atomic E-state index is 13.0. The van der Waals surface area contributed by atoms with Gasteiger partial charge < -0.3 is 10.6 Å². The van der Waals surface area contributed by atoms with Gasteiger partial charge in [-0.15, -0.1) is 0 Å². The Balaban J connectivity index is 1.38. The van der Waals surface area contributed by atoms with E-state index >= 15 is 0 Å². The lowest BCUT2D eigenvalue weighted by atomic mass is 9.97. The number of piperidine rings is 1. The van der Waals surface area contributed by atoms with E-state index in [2.05, 4.69) is 25.8 Å². The van der Waals surface area contributed by atoms with Crippen molar-refractivity contribution in [3.63, 3.8) is 0 Å². The monoisotopic (exact) mass is 431 g/mol. The number of nitrogens with one attached hydrogen (secondary N) is 3. The Morgan fingerprint density at radius 2 is 1.94 bits per heavy atom. The number of nitrogens with zero attached hydrogens (tertiary/aromatic N) is 4. The summed E-state index contributed by atoms with van der Waals surface area (Å²) in [5, 5.41) is 14.7. The van der Waals surface area contributed by atoms with Crippen LogP contribution in [0.1, 0.15) is 31.4 Å². The molecule has 0 aromatic carbocycles. The number of aryl methyl sites for hydroxylation is 1. The largest absolute Gasteiger partial charge is 0.401 e. The molecular weight excluding hydrogens is 407 g/mol. The highest BCUT2D eigenvalue weighted by Crippen LogP contribution is 2.39. The Morgan fingerprint density at radius 3 is 2.61 bits per heavy atom. The Kier molecular flexibility index (Phi) is 4.96. The van der Waals surface area contributed by atoms with E-state index in [1.807, 2.05) is 31.2 Å². The summed E-state index contributed by atoms with van der Waals surface area (Å²) >= 11 is 0. The summed E-state index contributed by atoms with van der Waals surface area (Å²) in [6.07, 6.45) is 0.543. The van der Waals surface area contributed by atoms with Gasteiger partial charge in [-0.05, 0) is 44.7 Å². The van der Waals surface area contributed by atoms with E-state index in [0.717, 1.165) is 29.4 Å². The molecule has 0 radical (unpaired) electrons. The van der Waals surface area contributed by atoms with E-state index in [9.17, 15) is 13.2 Å². The first kappa shape index (κ1) is 20.0. The third kappa shape index (κ3) is 4.30. The molecule has 3 aromatic rings. The fourth-order valence-corrected chi connectivity index (χ4v) is 4.91. The molecular formula is C21H24F3N7. The molecule has 2 bridgehead atoms. The van der Waals surface area contributed by atoms with Crippen molar-refractivity contribution in [3.8, 4) is 0 Å². The molecule has 164 valence electrons. The third-order valence-electron chi connectivity index (χ3n) is 6.15. The van der Waals surface area contributed by atoms with E-state index < -0.39 is 12.7 Å². The van der Waals surface area contributed by atoms with Crippen LogP contribution in [0.15, 0.2) is 30.5 Å². The molecule has 2 fully saturated rings. The number of rotatable bonds is 5. The van der Waals surface area contributed by atoms with Crippen LogP contribution in [0.4, 0.5) is 30.6 Å². The minimum absolute atomic E-state index is 0.0457. The number of H-pyrrole nitrogens is 1. The number of anilines is 3. The summed E-state index contributed by atoms with van der Waals surface area (Å²) in [7, 11) is 0. The van der Waals surface area contributed by atoms with Crippen molar-refractivity contribution in [3.05, 3.63) is 36.2 Å². The Labute approximate surface area is 177 Å².